The lowest BCUT2D eigenvalue weighted by atomic mass is 10.1. The topological polar surface area (TPSA) is 12.4 Å². The second kappa shape index (κ2) is 4.60. The average molecular weight is 273 g/mol. The third-order valence-electron chi connectivity index (χ3n) is 2.44. The first-order chi connectivity index (χ1) is 8.27. The van der Waals surface area contributed by atoms with Gasteiger partial charge in [-0.2, -0.15) is 0 Å². The number of thioether (sulfide) groups is 1. The highest BCUT2D eigenvalue weighted by Crippen LogP contribution is 2.39. The first-order valence-electron chi connectivity index (χ1n) is 6.18. The van der Waals surface area contributed by atoms with E-state index in [1.165, 1.54) is 10.5 Å². The second-order valence-corrected chi connectivity index (χ2v) is 12.4. The molecule has 0 atom stereocenters. The van der Waals surface area contributed by atoms with Crippen molar-refractivity contribution in [1.82, 2.24) is 0 Å². The fourth-order valence-electron chi connectivity index (χ4n) is 1.71. The van der Waals surface area contributed by atoms with Gasteiger partial charge in [-0.1, -0.05) is 55.5 Å². The molecule has 0 radical (unpaired) electrons. The van der Waals surface area contributed by atoms with Crippen molar-refractivity contribution in [3.05, 3.63) is 29.8 Å². The van der Waals surface area contributed by atoms with Crippen LogP contribution in [0.4, 0.5) is 0 Å². The number of benzene rings is 1. The van der Waals surface area contributed by atoms with E-state index in [1.807, 2.05) is 11.8 Å². The molecule has 1 aliphatic heterocycles. The molecule has 18 heavy (non-hydrogen) atoms. The summed E-state index contributed by atoms with van der Waals surface area (Å²) in [5.41, 5.74) is 5.56. The summed E-state index contributed by atoms with van der Waals surface area (Å²) < 4.78 is 0. The Morgan fingerprint density at radius 3 is 2.50 bits per heavy atom. The van der Waals surface area contributed by atoms with Gasteiger partial charge in [0.25, 0.3) is 0 Å². The number of aliphatic imine (C=N–C) groups is 1. The van der Waals surface area contributed by atoms with Crippen molar-refractivity contribution < 1.29 is 0 Å². The molecule has 1 aromatic rings. The zero-order valence-corrected chi connectivity index (χ0v) is 13.5. The van der Waals surface area contributed by atoms with E-state index < -0.39 is 8.07 Å². The van der Waals surface area contributed by atoms with E-state index in [1.54, 1.807) is 0 Å². The highest BCUT2D eigenvalue weighted by molar-refractivity contribution is 8.00. The van der Waals surface area contributed by atoms with Crippen LogP contribution in [-0.2, 0) is 0 Å². The lowest BCUT2D eigenvalue weighted by molar-refractivity contribution is 0.757. The summed E-state index contributed by atoms with van der Waals surface area (Å²) >= 11 is 1.81. The molecule has 0 amide bonds. The maximum Gasteiger partial charge on any atom is 0.129 e. The number of nitrogens with zero attached hydrogens (tertiary/aromatic N) is 1. The van der Waals surface area contributed by atoms with Crippen molar-refractivity contribution >= 4 is 25.5 Å². The second-order valence-electron chi connectivity index (χ2n) is 6.01. The van der Waals surface area contributed by atoms with Gasteiger partial charge in [0.15, 0.2) is 0 Å². The summed E-state index contributed by atoms with van der Waals surface area (Å²) in [5, 5.41) is 0. The minimum atomic E-state index is -1.36. The summed E-state index contributed by atoms with van der Waals surface area (Å²) in [6.07, 6.45) is 0. The van der Waals surface area contributed by atoms with Gasteiger partial charge in [0.05, 0.1) is 0 Å². The molecule has 1 aliphatic rings. The van der Waals surface area contributed by atoms with Crippen molar-refractivity contribution in [3.63, 3.8) is 0 Å². The molecule has 0 unspecified atom stereocenters. The quantitative estimate of drug-likeness (QED) is 0.510. The Labute approximate surface area is 115 Å². The van der Waals surface area contributed by atoms with E-state index in [-0.39, 0.29) is 4.87 Å². The summed E-state index contributed by atoms with van der Waals surface area (Å²) in [6, 6.07) is 8.42. The van der Waals surface area contributed by atoms with E-state index in [9.17, 15) is 0 Å². The van der Waals surface area contributed by atoms with Crippen LogP contribution in [0.1, 0.15) is 19.4 Å². The predicted molar refractivity (Wildman–Crippen MR) is 84.0 cm³/mol. The van der Waals surface area contributed by atoms with Crippen molar-refractivity contribution in [3.8, 4) is 11.5 Å². The molecule has 0 N–H and O–H groups in total. The zero-order chi connectivity index (χ0) is 13.4. The highest BCUT2D eigenvalue weighted by Gasteiger charge is 2.26. The molecule has 0 aromatic heterocycles. The van der Waals surface area contributed by atoms with Gasteiger partial charge in [0.1, 0.15) is 18.7 Å². The molecule has 0 bridgehead atoms. The van der Waals surface area contributed by atoms with Gasteiger partial charge in [-0.05, 0) is 19.9 Å². The Morgan fingerprint density at radius 2 is 1.83 bits per heavy atom. The predicted octanol–water partition coefficient (Wildman–Crippen LogP) is 4.20. The van der Waals surface area contributed by atoms with E-state index in [4.69, 9.17) is 4.99 Å². The molecule has 0 saturated heterocycles. The summed E-state index contributed by atoms with van der Waals surface area (Å²) in [5.74, 6) is 3.32. The van der Waals surface area contributed by atoms with Crippen LogP contribution in [0.5, 0.6) is 0 Å². The third kappa shape index (κ3) is 3.27. The molecule has 0 saturated carbocycles. The van der Waals surface area contributed by atoms with Crippen LogP contribution in [0.25, 0.3) is 0 Å². The van der Waals surface area contributed by atoms with Crippen molar-refractivity contribution in [1.29, 1.82) is 0 Å². The monoisotopic (exact) mass is 273 g/mol. The van der Waals surface area contributed by atoms with Crippen LogP contribution in [0.2, 0.25) is 19.6 Å². The van der Waals surface area contributed by atoms with Crippen molar-refractivity contribution in [2.75, 3.05) is 0 Å². The Kier molecular flexibility index (Phi) is 3.44. The van der Waals surface area contributed by atoms with E-state index in [2.05, 4.69) is 69.2 Å². The first-order valence-corrected chi connectivity index (χ1v) is 10.5. The SMILES string of the molecule is CC1(C)N=C(C#C[Si](C)(C)C)c2ccccc2S1. The van der Waals surface area contributed by atoms with Crippen LogP contribution in [0.3, 0.4) is 0 Å². The number of fused-ring (bicyclic) bond motifs is 1. The molecule has 94 valence electrons. The van der Waals surface area contributed by atoms with Crippen LogP contribution < -0.4 is 0 Å². The largest absolute Gasteiger partial charge is 0.258 e. The third-order valence-corrected chi connectivity index (χ3v) is 4.48. The lowest BCUT2D eigenvalue weighted by Crippen LogP contribution is -2.22. The standard InChI is InChI=1S/C15H19NSSi/c1-15(2)16-13(10-11-18(3,4)5)12-8-6-7-9-14(12)17-15/h6-9H,1-5H3. The zero-order valence-electron chi connectivity index (χ0n) is 11.7. The molecular formula is C15H19NSSi. The Balaban J connectivity index is 2.49. The molecule has 0 aliphatic carbocycles. The number of hydrogen-bond acceptors (Lipinski definition) is 2. The lowest BCUT2D eigenvalue weighted by Gasteiger charge is -2.26. The van der Waals surface area contributed by atoms with Crippen LogP contribution in [-0.4, -0.2) is 18.7 Å². The fourth-order valence-corrected chi connectivity index (χ4v) is 3.30. The minimum Gasteiger partial charge on any atom is -0.258 e. The maximum atomic E-state index is 4.79. The van der Waals surface area contributed by atoms with Crippen molar-refractivity contribution in [2.24, 2.45) is 4.99 Å². The molecule has 0 fully saturated rings. The van der Waals surface area contributed by atoms with E-state index in [0.29, 0.717) is 0 Å². The van der Waals surface area contributed by atoms with Gasteiger partial charge in [-0.15, -0.1) is 5.54 Å². The Bertz CT molecular complexity index is 556. The fraction of sp³-hybridized carbons (Fsp3) is 0.400. The molecular weight excluding hydrogens is 254 g/mol. The van der Waals surface area contributed by atoms with Gasteiger partial charge in [-0.3, -0.25) is 4.99 Å². The van der Waals surface area contributed by atoms with Gasteiger partial charge in [0, 0.05) is 10.5 Å². The maximum absolute atomic E-state index is 4.79. The smallest absolute Gasteiger partial charge is 0.129 e. The number of hydrogen-bond donors (Lipinski definition) is 0. The van der Waals surface area contributed by atoms with E-state index >= 15 is 0 Å². The summed E-state index contributed by atoms with van der Waals surface area (Å²) in [6.45, 7) is 11.1. The van der Waals surface area contributed by atoms with Gasteiger partial charge in [-0.25, -0.2) is 0 Å². The van der Waals surface area contributed by atoms with Crippen LogP contribution in [0.15, 0.2) is 34.2 Å². The van der Waals surface area contributed by atoms with Crippen molar-refractivity contribution in [2.45, 2.75) is 43.3 Å². The Morgan fingerprint density at radius 1 is 1.17 bits per heavy atom. The normalized spacial score (nSPS) is 17.3. The minimum absolute atomic E-state index is 0.113. The van der Waals surface area contributed by atoms with E-state index in [0.717, 1.165) is 5.71 Å². The molecule has 0 spiro atoms. The summed E-state index contributed by atoms with van der Waals surface area (Å²) in [7, 11) is -1.36. The van der Waals surface area contributed by atoms with Crippen LogP contribution in [0, 0.1) is 11.5 Å². The summed E-state index contributed by atoms with van der Waals surface area (Å²) in [4.78, 5) is 5.96. The highest BCUT2D eigenvalue weighted by atomic mass is 32.2. The molecule has 2 rings (SSSR count). The average Bonchev–Trinajstić information content (AvgIpc) is 2.23. The molecule has 3 heteroatoms. The number of rotatable bonds is 0. The molecule has 1 heterocycles. The molecule has 1 aromatic carbocycles. The van der Waals surface area contributed by atoms with Gasteiger partial charge >= 0.3 is 0 Å². The molecule has 1 nitrogen and oxygen atoms in total. The van der Waals surface area contributed by atoms with Gasteiger partial charge in [0.2, 0.25) is 0 Å². The van der Waals surface area contributed by atoms with Gasteiger partial charge < -0.3 is 0 Å². The van der Waals surface area contributed by atoms with Crippen LogP contribution >= 0.6 is 11.8 Å². The Hall–Kier alpha value is -0.983. The first kappa shape index (κ1) is 13.4.